The summed E-state index contributed by atoms with van der Waals surface area (Å²) in [6.45, 7) is 3.70. The highest BCUT2D eigenvalue weighted by Crippen LogP contribution is 2.26. The summed E-state index contributed by atoms with van der Waals surface area (Å²) >= 11 is 0. The molecule has 1 N–H and O–H groups in total. The zero-order chi connectivity index (χ0) is 24.2. The Kier molecular flexibility index (Phi) is 6.48. The highest BCUT2D eigenvalue weighted by atomic mass is 16.5. The van der Waals surface area contributed by atoms with Crippen molar-refractivity contribution in [1.82, 2.24) is 15.2 Å². The van der Waals surface area contributed by atoms with Crippen molar-refractivity contribution in [2.75, 3.05) is 19.7 Å². The van der Waals surface area contributed by atoms with Crippen molar-refractivity contribution in [3.63, 3.8) is 0 Å². The lowest BCUT2D eigenvalue weighted by Gasteiger charge is -2.32. The Labute approximate surface area is 203 Å². The molecule has 3 heterocycles. The van der Waals surface area contributed by atoms with Gasteiger partial charge in [0, 0.05) is 30.1 Å². The number of ether oxygens (including phenoxy) is 1. The van der Waals surface area contributed by atoms with Crippen LogP contribution in [0.5, 0.6) is 5.75 Å². The molecule has 4 aromatic rings. The molecule has 1 saturated heterocycles. The highest BCUT2D eigenvalue weighted by molar-refractivity contribution is 6.07. The first-order valence-electron chi connectivity index (χ1n) is 11.9. The number of para-hydroxylation sites is 1. The van der Waals surface area contributed by atoms with Crippen molar-refractivity contribution in [3.8, 4) is 17.2 Å². The fourth-order valence-corrected chi connectivity index (χ4v) is 4.45. The van der Waals surface area contributed by atoms with E-state index in [1.54, 1.807) is 30.5 Å². The fraction of sp³-hybridized carbons (Fsp3) is 0.250. The van der Waals surface area contributed by atoms with Gasteiger partial charge in [0.2, 0.25) is 0 Å². The molecular weight excluding hydrogens is 442 g/mol. The van der Waals surface area contributed by atoms with E-state index in [9.17, 15) is 9.59 Å². The maximum Gasteiger partial charge on any atom is 0.253 e. The molecule has 1 aliphatic heterocycles. The van der Waals surface area contributed by atoms with Gasteiger partial charge < -0.3 is 19.4 Å². The third kappa shape index (κ3) is 4.89. The number of nitrogens with one attached hydrogen (secondary N) is 1. The topological polar surface area (TPSA) is 84.7 Å². The standard InChI is InChI=1S/C28H27N3O4/c1-2-34-21-11-9-19(10-12-21)28(33)31-15-13-20(14-16-31)29-27(32)23-18-25(26-8-5-17-35-26)30-24-7-4-3-6-22(23)24/h3-12,17-18,20H,2,13-16H2,1H3,(H,29,32). The number of hydrogen-bond acceptors (Lipinski definition) is 5. The van der Waals surface area contributed by atoms with Gasteiger partial charge in [-0.15, -0.1) is 0 Å². The SMILES string of the molecule is CCOc1ccc(C(=O)N2CCC(NC(=O)c3cc(-c4ccco4)nc4ccccc34)CC2)cc1. The summed E-state index contributed by atoms with van der Waals surface area (Å²) in [4.78, 5) is 32.7. The van der Waals surface area contributed by atoms with Crippen LogP contribution in [0.25, 0.3) is 22.4 Å². The van der Waals surface area contributed by atoms with E-state index in [1.165, 1.54) is 0 Å². The number of likely N-dealkylation sites (tertiary alicyclic amines) is 1. The summed E-state index contributed by atoms with van der Waals surface area (Å²) in [7, 11) is 0. The second kappa shape index (κ2) is 10.0. The predicted molar refractivity (Wildman–Crippen MR) is 133 cm³/mol. The first-order chi connectivity index (χ1) is 17.1. The van der Waals surface area contributed by atoms with Gasteiger partial charge in [0.05, 0.1) is 24.0 Å². The lowest BCUT2D eigenvalue weighted by atomic mass is 10.0. The van der Waals surface area contributed by atoms with Crippen LogP contribution < -0.4 is 10.1 Å². The van der Waals surface area contributed by atoms with E-state index in [2.05, 4.69) is 10.3 Å². The number of benzene rings is 2. The fourth-order valence-electron chi connectivity index (χ4n) is 4.45. The second-order valence-corrected chi connectivity index (χ2v) is 8.55. The van der Waals surface area contributed by atoms with Crippen LogP contribution in [0, 0.1) is 0 Å². The summed E-state index contributed by atoms with van der Waals surface area (Å²) in [5, 5.41) is 3.96. The van der Waals surface area contributed by atoms with Crippen LogP contribution >= 0.6 is 0 Å². The molecule has 0 radical (unpaired) electrons. The Balaban J connectivity index is 1.26. The molecule has 0 saturated carbocycles. The number of pyridine rings is 1. The normalized spacial score (nSPS) is 14.1. The summed E-state index contributed by atoms with van der Waals surface area (Å²) < 4.78 is 11.0. The molecule has 0 unspecified atom stereocenters. The second-order valence-electron chi connectivity index (χ2n) is 8.55. The molecule has 7 nitrogen and oxygen atoms in total. The molecule has 178 valence electrons. The van der Waals surface area contributed by atoms with Gasteiger partial charge in [-0.2, -0.15) is 0 Å². The van der Waals surface area contributed by atoms with Gasteiger partial charge >= 0.3 is 0 Å². The van der Waals surface area contributed by atoms with Crippen molar-refractivity contribution < 1.29 is 18.7 Å². The molecular formula is C28H27N3O4. The van der Waals surface area contributed by atoms with Gasteiger partial charge in [0.25, 0.3) is 11.8 Å². The van der Waals surface area contributed by atoms with Gasteiger partial charge in [-0.3, -0.25) is 9.59 Å². The minimum Gasteiger partial charge on any atom is -0.494 e. The number of carbonyl (C=O) groups excluding carboxylic acids is 2. The van der Waals surface area contributed by atoms with E-state index in [1.807, 2.05) is 54.3 Å². The van der Waals surface area contributed by atoms with E-state index in [-0.39, 0.29) is 17.9 Å². The van der Waals surface area contributed by atoms with Gasteiger partial charge in [-0.1, -0.05) is 18.2 Å². The number of piperidine rings is 1. The number of amides is 2. The molecule has 2 aromatic carbocycles. The van der Waals surface area contributed by atoms with E-state index in [0.29, 0.717) is 55.1 Å². The third-order valence-electron chi connectivity index (χ3n) is 6.26. The molecule has 35 heavy (non-hydrogen) atoms. The smallest absolute Gasteiger partial charge is 0.253 e. The zero-order valence-electron chi connectivity index (χ0n) is 19.6. The largest absolute Gasteiger partial charge is 0.494 e. The lowest BCUT2D eigenvalue weighted by Crippen LogP contribution is -2.46. The van der Waals surface area contributed by atoms with Gasteiger partial charge in [0.1, 0.15) is 11.4 Å². The molecule has 0 aliphatic carbocycles. The van der Waals surface area contributed by atoms with Crippen molar-refractivity contribution in [2.24, 2.45) is 0 Å². The van der Waals surface area contributed by atoms with E-state index in [0.717, 1.165) is 16.7 Å². The van der Waals surface area contributed by atoms with Crippen LogP contribution in [0.15, 0.2) is 77.4 Å². The maximum absolute atomic E-state index is 13.3. The van der Waals surface area contributed by atoms with Crippen molar-refractivity contribution in [3.05, 3.63) is 84.1 Å². The Morgan fingerprint density at radius 2 is 1.83 bits per heavy atom. The summed E-state index contributed by atoms with van der Waals surface area (Å²) in [6.07, 6.45) is 2.99. The van der Waals surface area contributed by atoms with Gasteiger partial charge in [-0.25, -0.2) is 4.98 Å². The molecule has 0 spiro atoms. The monoisotopic (exact) mass is 469 g/mol. The molecule has 5 rings (SSSR count). The summed E-state index contributed by atoms with van der Waals surface area (Å²) in [6, 6.07) is 20.2. The van der Waals surface area contributed by atoms with Crippen molar-refractivity contribution in [2.45, 2.75) is 25.8 Å². The number of furan rings is 1. The Hall–Kier alpha value is -4.13. The van der Waals surface area contributed by atoms with Crippen molar-refractivity contribution >= 4 is 22.7 Å². The molecule has 1 fully saturated rings. The average Bonchev–Trinajstić information content (AvgIpc) is 3.44. The summed E-state index contributed by atoms with van der Waals surface area (Å²) in [5.74, 6) is 1.23. The van der Waals surface area contributed by atoms with Crippen LogP contribution in [0.1, 0.15) is 40.5 Å². The average molecular weight is 470 g/mol. The molecule has 2 aromatic heterocycles. The lowest BCUT2D eigenvalue weighted by molar-refractivity contribution is 0.0698. The zero-order valence-corrected chi connectivity index (χ0v) is 19.6. The molecule has 7 heteroatoms. The van der Waals surface area contributed by atoms with Crippen LogP contribution in [-0.4, -0.2) is 47.4 Å². The number of fused-ring (bicyclic) bond motifs is 1. The molecule has 0 atom stereocenters. The molecule has 1 aliphatic rings. The number of nitrogens with zero attached hydrogens (tertiary/aromatic N) is 2. The summed E-state index contributed by atoms with van der Waals surface area (Å²) in [5.41, 5.74) is 2.57. The first-order valence-corrected chi connectivity index (χ1v) is 11.9. The minimum absolute atomic E-state index is 0.000965. The predicted octanol–water partition coefficient (Wildman–Crippen LogP) is 4.93. The number of hydrogen-bond donors (Lipinski definition) is 1. The maximum atomic E-state index is 13.3. The Bertz CT molecular complexity index is 1320. The Morgan fingerprint density at radius 3 is 2.54 bits per heavy atom. The van der Waals surface area contributed by atoms with Crippen LogP contribution in [0.4, 0.5) is 0 Å². The van der Waals surface area contributed by atoms with Gasteiger partial charge in [0.15, 0.2) is 5.76 Å². The van der Waals surface area contributed by atoms with E-state index >= 15 is 0 Å². The van der Waals surface area contributed by atoms with E-state index in [4.69, 9.17) is 9.15 Å². The quantitative estimate of drug-likeness (QED) is 0.433. The Morgan fingerprint density at radius 1 is 1.06 bits per heavy atom. The van der Waals surface area contributed by atoms with Crippen LogP contribution in [-0.2, 0) is 0 Å². The first kappa shape index (κ1) is 22.7. The van der Waals surface area contributed by atoms with E-state index < -0.39 is 0 Å². The molecule has 2 amide bonds. The molecule has 0 bridgehead atoms. The van der Waals surface area contributed by atoms with Crippen LogP contribution in [0.3, 0.4) is 0 Å². The number of aromatic nitrogens is 1. The number of rotatable bonds is 6. The van der Waals surface area contributed by atoms with Gasteiger partial charge in [-0.05, 0) is 68.3 Å². The third-order valence-corrected chi connectivity index (χ3v) is 6.26. The van der Waals surface area contributed by atoms with Crippen molar-refractivity contribution in [1.29, 1.82) is 0 Å². The van der Waals surface area contributed by atoms with Crippen LogP contribution in [0.2, 0.25) is 0 Å². The minimum atomic E-state index is -0.146. The highest BCUT2D eigenvalue weighted by Gasteiger charge is 2.26. The number of carbonyl (C=O) groups is 2.